The van der Waals surface area contributed by atoms with Crippen LogP contribution in [0.1, 0.15) is 25.2 Å². The molecule has 1 aromatic heterocycles. The molecule has 0 spiro atoms. The van der Waals surface area contributed by atoms with E-state index >= 15 is 0 Å². The summed E-state index contributed by atoms with van der Waals surface area (Å²) < 4.78 is 1.96. The molecule has 0 radical (unpaired) electrons. The van der Waals surface area contributed by atoms with Gasteiger partial charge < -0.3 is 10.0 Å². The summed E-state index contributed by atoms with van der Waals surface area (Å²) >= 11 is 0. The van der Waals surface area contributed by atoms with Crippen LogP contribution in [0.4, 0.5) is 0 Å². The third-order valence-corrected chi connectivity index (χ3v) is 3.18. The van der Waals surface area contributed by atoms with Gasteiger partial charge in [-0.1, -0.05) is 6.92 Å². The summed E-state index contributed by atoms with van der Waals surface area (Å²) in [4.78, 5) is 15.0. The number of aromatic nitrogens is 2. The van der Waals surface area contributed by atoms with E-state index in [2.05, 4.69) is 29.9 Å². The van der Waals surface area contributed by atoms with Gasteiger partial charge in [0.1, 0.15) is 0 Å². The summed E-state index contributed by atoms with van der Waals surface area (Å²) in [5.74, 6) is -0.790. The van der Waals surface area contributed by atoms with Crippen LogP contribution in [0.3, 0.4) is 0 Å². The van der Waals surface area contributed by atoms with Crippen LogP contribution >= 0.6 is 0 Å². The quantitative estimate of drug-likeness (QED) is 0.729. The van der Waals surface area contributed by atoms with Crippen molar-refractivity contribution in [3.05, 3.63) is 17.5 Å². The van der Waals surface area contributed by atoms with Crippen LogP contribution in [0.2, 0.25) is 0 Å². The Morgan fingerprint density at radius 2 is 2.05 bits per heavy atom. The van der Waals surface area contributed by atoms with Gasteiger partial charge in [-0.2, -0.15) is 5.10 Å². The van der Waals surface area contributed by atoms with Gasteiger partial charge in [0.2, 0.25) is 0 Å². The Morgan fingerprint density at radius 1 is 1.35 bits per heavy atom. The normalized spacial score (nSPS) is 11.5. The molecule has 0 atom stereocenters. The van der Waals surface area contributed by atoms with Crippen molar-refractivity contribution >= 4 is 5.97 Å². The SMILES string of the molecule is CCc1cc(CN(CCN(C)C)CC(=O)O)n(CC)n1. The van der Waals surface area contributed by atoms with Crippen LogP contribution in [0.25, 0.3) is 0 Å². The van der Waals surface area contributed by atoms with Crippen LogP contribution < -0.4 is 0 Å². The fraction of sp³-hybridized carbons (Fsp3) is 0.714. The molecule has 0 amide bonds. The Morgan fingerprint density at radius 3 is 2.55 bits per heavy atom. The number of aliphatic carboxylic acids is 1. The Hall–Kier alpha value is -1.40. The average Bonchev–Trinajstić information content (AvgIpc) is 2.77. The van der Waals surface area contributed by atoms with E-state index in [0.717, 1.165) is 37.4 Å². The summed E-state index contributed by atoms with van der Waals surface area (Å²) in [7, 11) is 3.98. The summed E-state index contributed by atoms with van der Waals surface area (Å²) in [6.07, 6.45) is 0.899. The minimum absolute atomic E-state index is 0.0597. The van der Waals surface area contributed by atoms with Gasteiger partial charge >= 0.3 is 5.97 Å². The highest BCUT2D eigenvalue weighted by atomic mass is 16.4. The van der Waals surface area contributed by atoms with Crippen molar-refractivity contribution in [2.45, 2.75) is 33.4 Å². The number of hydrogen-bond acceptors (Lipinski definition) is 4. The standard InChI is InChI=1S/C14H26N4O2/c1-5-12-9-13(18(6-2)15-12)10-17(11-14(19)20)8-7-16(3)4/h9H,5-8,10-11H2,1-4H3,(H,19,20). The lowest BCUT2D eigenvalue weighted by molar-refractivity contribution is -0.138. The molecule has 114 valence electrons. The zero-order chi connectivity index (χ0) is 15.1. The maximum absolute atomic E-state index is 11.0. The number of nitrogens with zero attached hydrogens (tertiary/aromatic N) is 4. The van der Waals surface area contributed by atoms with Crippen molar-refractivity contribution in [2.75, 3.05) is 33.7 Å². The van der Waals surface area contributed by atoms with E-state index in [1.54, 1.807) is 0 Å². The largest absolute Gasteiger partial charge is 0.480 e. The molecule has 0 aliphatic rings. The highest BCUT2D eigenvalue weighted by molar-refractivity contribution is 5.69. The lowest BCUT2D eigenvalue weighted by atomic mass is 10.3. The van der Waals surface area contributed by atoms with E-state index in [1.807, 2.05) is 23.7 Å². The number of carboxylic acids is 1. The van der Waals surface area contributed by atoms with E-state index < -0.39 is 5.97 Å². The van der Waals surface area contributed by atoms with Gasteiger partial charge in [0.25, 0.3) is 0 Å². The highest BCUT2D eigenvalue weighted by Crippen LogP contribution is 2.09. The second-order valence-electron chi connectivity index (χ2n) is 5.20. The van der Waals surface area contributed by atoms with Gasteiger partial charge in [-0.25, -0.2) is 0 Å². The van der Waals surface area contributed by atoms with E-state index in [-0.39, 0.29) is 6.54 Å². The molecule has 1 aromatic rings. The van der Waals surface area contributed by atoms with E-state index in [0.29, 0.717) is 6.54 Å². The second kappa shape index (κ2) is 8.01. The zero-order valence-electron chi connectivity index (χ0n) is 13.0. The van der Waals surface area contributed by atoms with E-state index in [4.69, 9.17) is 5.11 Å². The second-order valence-corrected chi connectivity index (χ2v) is 5.20. The summed E-state index contributed by atoms with van der Waals surface area (Å²) in [6, 6.07) is 2.08. The third kappa shape index (κ3) is 5.30. The first-order chi connectivity index (χ1) is 9.46. The molecule has 1 rings (SSSR count). The molecule has 6 heteroatoms. The molecule has 0 aliphatic heterocycles. The summed E-state index contributed by atoms with van der Waals surface area (Å²) in [6.45, 7) is 7.20. The van der Waals surface area contributed by atoms with Crippen molar-refractivity contribution in [1.29, 1.82) is 0 Å². The van der Waals surface area contributed by atoms with E-state index in [1.165, 1.54) is 0 Å². The fourth-order valence-electron chi connectivity index (χ4n) is 2.06. The van der Waals surface area contributed by atoms with Gasteiger partial charge in [-0.15, -0.1) is 0 Å². The number of carboxylic acid groups (broad SMARTS) is 1. The van der Waals surface area contributed by atoms with Crippen LogP contribution in [0.5, 0.6) is 0 Å². The van der Waals surface area contributed by atoms with Crippen LogP contribution in [0, 0.1) is 0 Å². The predicted octanol–water partition coefficient (Wildman–Crippen LogP) is 0.914. The van der Waals surface area contributed by atoms with Crippen LogP contribution in [0.15, 0.2) is 6.07 Å². The molecule has 0 fully saturated rings. The van der Waals surface area contributed by atoms with Gasteiger partial charge in [0.15, 0.2) is 0 Å². The predicted molar refractivity (Wildman–Crippen MR) is 78.7 cm³/mol. The smallest absolute Gasteiger partial charge is 0.317 e. The first kappa shape index (κ1) is 16.7. The van der Waals surface area contributed by atoms with Crippen molar-refractivity contribution in [2.24, 2.45) is 0 Å². The van der Waals surface area contributed by atoms with Gasteiger partial charge in [-0.05, 0) is 33.5 Å². The third-order valence-electron chi connectivity index (χ3n) is 3.18. The molecule has 6 nitrogen and oxygen atoms in total. The first-order valence-corrected chi connectivity index (χ1v) is 7.10. The number of likely N-dealkylation sites (N-methyl/N-ethyl adjacent to an activating group) is 1. The number of hydrogen-bond donors (Lipinski definition) is 1. The van der Waals surface area contributed by atoms with Crippen molar-refractivity contribution in [3.8, 4) is 0 Å². The zero-order valence-corrected chi connectivity index (χ0v) is 13.0. The van der Waals surface area contributed by atoms with Gasteiger partial charge in [0, 0.05) is 26.2 Å². The van der Waals surface area contributed by atoms with Gasteiger partial charge in [0.05, 0.1) is 17.9 Å². The molecule has 20 heavy (non-hydrogen) atoms. The molecule has 0 aromatic carbocycles. The average molecular weight is 282 g/mol. The first-order valence-electron chi connectivity index (χ1n) is 7.10. The maximum Gasteiger partial charge on any atom is 0.317 e. The molecular formula is C14H26N4O2. The number of carbonyl (C=O) groups is 1. The summed E-state index contributed by atoms with van der Waals surface area (Å²) in [5.41, 5.74) is 2.15. The lowest BCUT2D eigenvalue weighted by Crippen LogP contribution is -2.35. The number of rotatable bonds is 9. The minimum atomic E-state index is -0.790. The Kier molecular flexibility index (Phi) is 6.67. The summed E-state index contributed by atoms with van der Waals surface area (Å²) in [5, 5.41) is 13.5. The Labute approximate surface area is 121 Å². The maximum atomic E-state index is 11.0. The van der Waals surface area contributed by atoms with Crippen LogP contribution in [-0.4, -0.2) is 64.4 Å². The molecule has 0 saturated carbocycles. The fourth-order valence-corrected chi connectivity index (χ4v) is 2.06. The molecular weight excluding hydrogens is 256 g/mol. The molecule has 0 unspecified atom stereocenters. The van der Waals surface area contributed by atoms with Crippen LogP contribution in [-0.2, 0) is 24.3 Å². The Bertz CT molecular complexity index is 429. The topological polar surface area (TPSA) is 61.6 Å². The monoisotopic (exact) mass is 282 g/mol. The van der Waals surface area contributed by atoms with Crippen molar-refractivity contribution in [3.63, 3.8) is 0 Å². The lowest BCUT2D eigenvalue weighted by Gasteiger charge is -2.22. The Balaban J connectivity index is 2.76. The molecule has 1 heterocycles. The molecule has 1 N–H and O–H groups in total. The highest BCUT2D eigenvalue weighted by Gasteiger charge is 2.14. The van der Waals surface area contributed by atoms with Crippen molar-refractivity contribution < 1.29 is 9.90 Å². The molecule has 0 aliphatic carbocycles. The van der Waals surface area contributed by atoms with E-state index in [9.17, 15) is 4.79 Å². The molecule has 0 saturated heterocycles. The minimum Gasteiger partial charge on any atom is -0.480 e. The van der Waals surface area contributed by atoms with Gasteiger partial charge in [-0.3, -0.25) is 14.4 Å². The number of aryl methyl sites for hydroxylation is 2. The van der Waals surface area contributed by atoms with Crippen molar-refractivity contribution in [1.82, 2.24) is 19.6 Å². The molecule has 0 bridgehead atoms.